The Bertz CT molecular complexity index is 728. The lowest BCUT2D eigenvalue weighted by Crippen LogP contribution is -2.08. The van der Waals surface area contributed by atoms with E-state index in [1.165, 1.54) is 11.1 Å². The Hall–Kier alpha value is -2.36. The summed E-state index contributed by atoms with van der Waals surface area (Å²) < 4.78 is 1.85. The van der Waals surface area contributed by atoms with E-state index < -0.39 is 0 Å². The number of hydrogen-bond donors (Lipinski definition) is 1. The van der Waals surface area contributed by atoms with Crippen molar-refractivity contribution >= 4 is 11.6 Å². The molecule has 1 aromatic carbocycles. The van der Waals surface area contributed by atoms with Crippen LogP contribution in [-0.2, 0) is 0 Å². The molecule has 20 heavy (non-hydrogen) atoms. The molecule has 4 nitrogen and oxygen atoms in total. The van der Waals surface area contributed by atoms with Crippen LogP contribution in [0.5, 0.6) is 0 Å². The summed E-state index contributed by atoms with van der Waals surface area (Å²) in [6, 6.07) is 14.7. The number of fused-ring (bicyclic) bond motifs is 1. The van der Waals surface area contributed by atoms with E-state index in [-0.39, 0.29) is 6.04 Å². The third-order valence-electron chi connectivity index (χ3n) is 3.47. The highest BCUT2D eigenvalue weighted by atomic mass is 15.4. The number of pyridine rings is 1. The van der Waals surface area contributed by atoms with E-state index in [4.69, 9.17) is 0 Å². The van der Waals surface area contributed by atoms with Crippen molar-refractivity contribution in [2.45, 2.75) is 26.8 Å². The van der Waals surface area contributed by atoms with Gasteiger partial charge in [0.25, 0.3) is 0 Å². The predicted molar refractivity (Wildman–Crippen MR) is 80.9 cm³/mol. The SMILES string of the molecule is Cc1ccc(C(C)Nc2nc3cccc(C)n3n2)cc1. The van der Waals surface area contributed by atoms with Crippen LogP contribution in [0.3, 0.4) is 0 Å². The highest BCUT2D eigenvalue weighted by Gasteiger charge is 2.09. The van der Waals surface area contributed by atoms with Gasteiger partial charge in [-0.25, -0.2) is 4.52 Å². The lowest BCUT2D eigenvalue weighted by molar-refractivity contribution is 0.845. The quantitative estimate of drug-likeness (QED) is 0.788. The van der Waals surface area contributed by atoms with Gasteiger partial charge in [-0.2, -0.15) is 4.98 Å². The summed E-state index contributed by atoms with van der Waals surface area (Å²) in [5.74, 6) is 0.660. The monoisotopic (exact) mass is 266 g/mol. The van der Waals surface area contributed by atoms with E-state index >= 15 is 0 Å². The summed E-state index contributed by atoms with van der Waals surface area (Å²) in [4.78, 5) is 4.50. The first kappa shape index (κ1) is 12.7. The Kier molecular flexibility index (Phi) is 3.14. The minimum Gasteiger partial charge on any atom is -0.346 e. The third kappa shape index (κ3) is 2.37. The van der Waals surface area contributed by atoms with Gasteiger partial charge < -0.3 is 5.32 Å². The van der Waals surface area contributed by atoms with Crippen LogP contribution in [0, 0.1) is 13.8 Å². The van der Waals surface area contributed by atoms with Gasteiger partial charge in [0.15, 0.2) is 5.65 Å². The number of nitrogens with one attached hydrogen (secondary N) is 1. The largest absolute Gasteiger partial charge is 0.346 e. The third-order valence-corrected chi connectivity index (χ3v) is 3.47. The summed E-state index contributed by atoms with van der Waals surface area (Å²) in [5, 5.41) is 7.84. The van der Waals surface area contributed by atoms with E-state index in [1.54, 1.807) is 0 Å². The first-order chi connectivity index (χ1) is 9.63. The van der Waals surface area contributed by atoms with Gasteiger partial charge in [-0.3, -0.25) is 0 Å². The molecule has 0 amide bonds. The van der Waals surface area contributed by atoms with Crippen molar-refractivity contribution in [2.24, 2.45) is 0 Å². The molecule has 1 atom stereocenters. The van der Waals surface area contributed by atoms with E-state index in [0.717, 1.165) is 11.3 Å². The summed E-state index contributed by atoms with van der Waals surface area (Å²) in [6.07, 6.45) is 0. The van der Waals surface area contributed by atoms with Crippen LogP contribution in [0.4, 0.5) is 5.95 Å². The van der Waals surface area contributed by atoms with Crippen LogP contribution >= 0.6 is 0 Å². The maximum Gasteiger partial charge on any atom is 0.243 e. The Morgan fingerprint density at radius 1 is 1.05 bits per heavy atom. The highest BCUT2D eigenvalue weighted by molar-refractivity contribution is 5.45. The number of hydrogen-bond acceptors (Lipinski definition) is 3. The van der Waals surface area contributed by atoms with Crippen LogP contribution in [-0.4, -0.2) is 14.6 Å². The van der Waals surface area contributed by atoms with Crippen molar-refractivity contribution in [1.82, 2.24) is 14.6 Å². The zero-order valence-corrected chi connectivity index (χ0v) is 12.0. The smallest absolute Gasteiger partial charge is 0.243 e. The molecule has 102 valence electrons. The molecule has 0 saturated heterocycles. The fourth-order valence-electron chi connectivity index (χ4n) is 2.23. The molecule has 0 aliphatic carbocycles. The number of aromatic nitrogens is 3. The zero-order chi connectivity index (χ0) is 14.1. The van der Waals surface area contributed by atoms with Crippen LogP contribution < -0.4 is 5.32 Å². The number of rotatable bonds is 3. The minimum absolute atomic E-state index is 0.174. The first-order valence-electron chi connectivity index (χ1n) is 6.79. The van der Waals surface area contributed by atoms with Crippen LogP contribution in [0.2, 0.25) is 0 Å². The molecular formula is C16H18N4. The van der Waals surface area contributed by atoms with Gasteiger partial charge in [-0.1, -0.05) is 35.9 Å². The molecule has 0 aliphatic rings. The van der Waals surface area contributed by atoms with Crippen molar-refractivity contribution < 1.29 is 0 Å². The fourth-order valence-corrected chi connectivity index (χ4v) is 2.23. The normalized spacial score (nSPS) is 12.6. The van der Waals surface area contributed by atoms with Gasteiger partial charge in [0.2, 0.25) is 5.95 Å². The molecule has 0 fully saturated rings. The second-order valence-electron chi connectivity index (χ2n) is 5.15. The number of benzene rings is 1. The average molecular weight is 266 g/mol. The molecular weight excluding hydrogens is 248 g/mol. The minimum atomic E-state index is 0.174. The van der Waals surface area contributed by atoms with Crippen molar-refractivity contribution in [3.05, 3.63) is 59.3 Å². The van der Waals surface area contributed by atoms with E-state index in [1.807, 2.05) is 29.6 Å². The molecule has 1 unspecified atom stereocenters. The number of anilines is 1. The summed E-state index contributed by atoms with van der Waals surface area (Å²) in [7, 11) is 0. The summed E-state index contributed by atoms with van der Waals surface area (Å²) >= 11 is 0. The Morgan fingerprint density at radius 3 is 2.50 bits per heavy atom. The molecule has 3 rings (SSSR count). The molecule has 2 heterocycles. The van der Waals surface area contributed by atoms with Gasteiger partial charge in [0.05, 0.1) is 6.04 Å². The Balaban J connectivity index is 1.85. The Labute approximate surface area is 118 Å². The summed E-state index contributed by atoms with van der Waals surface area (Å²) in [5.41, 5.74) is 4.43. The maximum absolute atomic E-state index is 4.50. The van der Waals surface area contributed by atoms with Crippen LogP contribution in [0.25, 0.3) is 5.65 Å². The molecule has 0 aliphatic heterocycles. The molecule has 1 N–H and O–H groups in total. The second kappa shape index (κ2) is 4.96. The molecule has 0 spiro atoms. The molecule has 0 radical (unpaired) electrons. The van der Waals surface area contributed by atoms with Crippen molar-refractivity contribution in [1.29, 1.82) is 0 Å². The van der Waals surface area contributed by atoms with Crippen molar-refractivity contribution in [3.63, 3.8) is 0 Å². The fraction of sp³-hybridized carbons (Fsp3) is 0.250. The zero-order valence-electron chi connectivity index (χ0n) is 12.0. The lowest BCUT2D eigenvalue weighted by atomic mass is 10.1. The molecule has 2 aromatic heterocycles. The lowest BCUT2D eigenvalue weighted by Gasteiger charge is -2.12. The van der Waals surface area contributed by atoms with Crippen molar-refractivity contribution in [3.8, 4) is 0 Å². The first-order valence-corrected chi connectivity index (χ1v) is 6.79. The van der Waals surface area contributed by atoms with E-state index in [2.05, 4.69) is 53.5 Å². The van der Waals surface area contributed by atoms with Crippen molar-refractivity contribution in [2.75, 3.05) is 5.32 Å². The maximum atomic E-state index is 4.50. The highest BCUT2D eigenvalue weighted by Crippen LogP contribution is 2.18. The predicted octanol–water partition coefficient (Wildman–Crippen LogP) is 3.52. The number of aryl methyl sites for hydroxylation is 2. The van der Waals surface area contributed by atoms with Crippen LogP contribution in [0.15, 0.2) is 42.5 Å². The molecule has 0 saturated carbocycles. The molecule has 4 heteroatoms. The van der Waals surface area contributed by atoms with Gasteiger partial charge >= 0.3 is 0 Å². The number of nitrogens with zero attached hydrogens (tertiary/aromatic N) is 3. The van der Waals surface area contributed by atoms with Gasteiger partial charge in [-0.05, 0) is 38.5 Å². The molecule has 3 aromatic rings. The Morgan fingerprint density at radius 2 is 1.80 bits per heavy atom. The van der Waals surface area contributed by atoms with Gasteiger partial charge in [0.1, 0.15) is 0 Å². The van der Waals surface area contributed by atoms with Gasteiger partial charge in [-0.15, -0.1) is 5.10 Å². The summed E-state index contributed by atoms with van der Waals surface area (Å²) in [6.45, 7) is 6.23. The second-order valence-corrected chi connectivity index (χ2v) is 5.15. The topological polar surface area (TPSA) is 42.2 Å². The molecule has 0 bridgehead atoms. The average Bonchev–Trinajstić information content (AvgIpc) is 2.83. The van der Waals surface area contributed by atoms with E-state index in [0.29, 0.717) is 5.95 Å². The van der Waals surface area contributed by atoms with Crippen LogP contribution in [0.1, 0.15) is 29.8 Å². The van der Waals surface area contributed by atoms with E-state index in [9.17, 15) is 0 Å². The van der Waals surface area contributed by atoms with Gasteiger partial charge in [0, 0.05) is 5.69 Å². The standard InChI is InChI=1S/C16H18N4/c1-11-7-9-14(10-8-11)13(3)17-16-18-15-6-4-5-12(2)20(15)19-16/h4-10,13H,1-3H3,(H,17,19).